The molecule has 25 heavy (non-hydrogen) atoms. The number of benzene rings is 1. The molecule has 0 unspecified atom stereocenters. The number of thiazole rings is 2. The van der Waals surface area contributed by atoms with Crippen LogP contribution in [0.25, 0.3) is 11.3 Å². The van der Waals surface area contributed by atoms with E-state index in [2.05, 4.69) is 15.3 Å². The van der Waals surface area contributed by atoms with Gasteiger partial charge in [0, 0.05) is 16.6 Å². The van der Waals surface area contributed by atoms with E-state index in [4.69, 9.17) is 9.47 Å². The molecule has 9 heteroatoms. The topological polar surface area (TPSA) is 93.3 Å². The van der Waals surface area contributed by atoms with Crippen LogP contribution in [0.2, 0.25) is 0 Å². The Bertz CT molecular complexity index is 1000. The lowest BCUT2D eigenvalue weighted by molar-refractivity contribution is 0.103. The average molecular weight is 375 g/mol. The first-order chi connectivity index (χ1) is 12.1. The van der Waals surface area contributed by atoms with Gasteiger partial charge in [0.05, 0.1) is 5.69 Å². The van der Waals surface area contributed by atoms with Crippen LogP contribution in [0.3, 0.4) is 0 Å². The van der Waals surface area contributed by atoms with Crippen molar-refractivity contribution in [2.45, 2.75) is 6.92 Å². The Morgan fingerprint density at radius 2 is 2.08 bits per heavy atom. The van der Waals surface area contributed by atoms with Crippen LogP contribution in [0.4, 0.5) is 5.13 Å². The van der Waals surface area contributed by atoms with Gasteiger partial charge in [0.1, 0.15) is 18.1 Å². The maximum absolute atomic E-state index is 12.3. The summed E-state index contributed by atoms with van der Waals surface area (Å²) in [5, 5.41) is 5.05. The van der Waals surface area contributed by atoms with Crippen molar-refractivity contribution in [3.8, 4) is 22.8 Å². The summed E-state index contributed by atoms with van der Waals surface area (Å²) in [6.45, 7) is 2.76. The monoisotopic (exact) mass is 375 g/mol. The normalized spacial score (nSPS) is 12.8. The molecule has 4 rings (SSSR count). The fraction of sp³-hybridized carbons (Fsp3) is 0.188. The highest BCUT2D eigenvalue weighted by Crippen LogP contribution is 2.35. The SMILES string of the molecule is Cc1[nH]c(=O)sc1C(=O)Nc1nc(-c2ccc3c(c2)OCCO3)cs1. The summed E-state index contributed by atoms with van der Waals surface area (Å²) in [6, 6.07) is 5.62. The number of rotatable bonds is 3. The number of hydrogen-bond donors (Lipinski definition) is 2. The molecule has 1 aliphatic rings. The molecule has 2 aromatic heterocycles. The predicted octanol–water partition coefficient (Wildman–Crippen LogP) is 2.89. The second kappa shape index (κ2) is 6.34. The van der Waals surface area contributed by atoms with Gasteiger partial charge >= 0.3 is 4.87 Å². The highest BCUT2D eigenvalue weighted by Gasteiger charge is 2.17. The molecule has 0 bridgehead atoms. The maximum atomic E-state index is 12.3. The lowest BCUT2D eigenvalue weighted by atomic mass is 10.1. The lowest BCUT2D eigenvalue weighted by Crippen LogP contribution is -2.15. The number of nitrogens with one attached hydrogen (secondary N) is 2. The molecule has 0 atom stereocenters. The van der Waals surface area contributed by atoms with E-state index >= 15 is 0 Å². The van der Waals surface area contributed by atoms with Crippen LogP contribution in [0.1, 0.15) is 15.4 Å². The Labute approximate surface area is 150 Å². The van der Waals surface area contributed by atoms with E-state index in [0.29, 0.717) is 34.7 Å². The van der Waals surface area contributed by atoms with Gasteiger partial charge in [-0.3, -0.25) is 14.9 Å². The van der Waals surface area contributed by atoms with E-state index in [1.54, 1.807) is 6.92 Å². The highest BCUT2D eigenvalue weighted by atomic mass is 32.1. The van der Waals surface area contributed by atoms with Crippen molar-refractivity contribution in [3.63, 3.8) is 0 Å². The van der Waals surface area contributed by atoms with Crippen molar-refractivity contribution in [1.29, 1.82) is 0 Å². The molecular weight excluding hydrogens is 362 g/mol. The average Bonchev–Trinajstić information content (AvgIpc) is 3.20. The number of aromatic amines is 1. The number of carbonyl (C=O) groups is 1. The van der Waals surface area contributed by atoms with Crippen LogP contribution in [0.15, 0.2) is 28.4 Å². The van der Waals surface area contributed by atoms with Crippen molar-refractivity contribution in [1.82, 2.24) is 9.97 Å². The summed E-state index contributed by atoms with van der Waals surface area (Å²) < 4.78 is 11.1. The molecule has 3 aromatic rings. The number of anilines is 1. The van der Waals surface area contributed by atoms with Crippen LogP contribution < -0.4 is 19.7 Å². The summed E-state index contributed by atoms with van der Waals surface area (Å²) in [4.78, 5) is 30.7. The Morgan fingerprint density at radius 1 is 1.28 bits per heavy atom. The molecule has 1 amide bonds. The number of hydrogen-bond acceptors (Lipinski definition) is 7. The Balaban J connectivity index is 1.55. The van der Waals surface area contributed by atoms with Gasteiger partial charge in [-0.1, -0.05) is 11.3 Å². The quantitative estimate of drug-likeness (QED) is 0.734. The second-order valence-electron chi connectivity index (χ2n) is 5.32. The number of ether oxygens (including phenoxy) is 2. The van der Waals surface area contributed by atoms with Crippen LogP contribution in [-0.2, 0) is 0 Å². The van der Waals surface area contributed by atoms with Gasteiger partial charge in [-0.05, 0) is 25.1 Å². The molecule has 1 aliphatic heterocycles. The van der Waals surface area contributed by atoms with E-state index in [0.717, 1.165) is 28.3 Å². The summed E-state index contributed by atoms with van der Waals surface area (Å²) in [5.74, 6) is 1.07. The zero-order valence-corrected chi connectivity index (χ0v) is 14.8. The number of carbonyl (C=O) groups excluding carboxylic acids is 1. The summed E-state index contributed by atoms with van der Waals surface area (Å²) >= 11 is 2.20. The van der Waals surface area contributed by atoms with E-state index in [1.165, 1.54) is 11.3 Å². The Morgan fingerprint density at radius 3 is 2.84 bits per heavy atom. The van der Waals surface area contributed by atoms with Crippen molar-refractivity contribution in [2.75, 3.05) is 18.5 Å². The fourth-order valence-corrected chi connectivity index (χ4v) is 3.89. The zero-order valence-electron chi connectivity index (χ0n) is 13.1. The largest absolute Gasteiger partial charge is 0.486 e. The van der Waals surface area contributed by atoms with E-state index in [9.17, 15) is 9.59 Å². The number of fused-ring (bicyclic) bond motifs is 1. The minimum absolute atomic E-state index is 0.251. The third-order valence-electron chi connectivity index (χ3n) is 3.59. The first-order valence-corrected chi connectivity index (χ1v) is 9.16. The summed E-state index contributed by atoms with van der Waals surface area (Å²) in [6.07, 6.45) is 0. The van der Waals surface area contributed by atoms with Gasteiger partial charge in [0.25, 0.3) is 5.91 Å². The minimum Gasteiger partial charge on any atom is -0.486 e. The van der Waals surface area contributed by atoms with Gasteiger partial charge in [0.2, 0.25) is 0 Å². The Kier molecular flexibility index (Phi) is 4.02. The molecule has 0 saturated carbocycles. The molecule has 0 fully saturated rings. The standard InChI is InChI=1S/C16H13N3O4S2/c1-8-13(25-16(21)17-8)14(20)19-15-18-10(7-24-15)9-2-3-11-12(6-9)23-5-4-22-11/h2-3,6-7H,4-5H2,1H3,(H,17,21)(H,18,19,20). The van der Waals surface area contributed by atoms with Gasteiger partial charge in [-0.2, -0.15) is 0 Å². The molecule has 0 spiro atoms. The van der Waals surface area contributed by atoms with Crippen molar-refractivity contribution in [3.05, 3.63) is 43.8 Å². The van der Waals surface area contributed by atoms with E-state index < -0.39 is 0 Å². The second-order valence-corrected chi connectivity index (χ2v) is 7.16. The van der Waals surface area contributed by atoms with Crippen molar-refractivity contribution >= 4 is 33.7 Å². The first kappa shape index (κ1) is 15.9. The molecule has 1 aromatic carbocycles. The third-order valence-corrected chi connectivity index (χ3v) is 5.33. The number of aromatic nitrogens is 2. The predicted molar refractivity (Wildman–Crippen MR) is 96.2 cm³/mol. The highest BCUT2D eigenvalue weighted by molar-refractivity contribution is 7.14. The van der Waals surface area contributed by atoms with Gasteiger partial charge in [0.15, 0.2) is 16.6 Å². The van der Waals surface area contributed by atoms with Gasteiger partial charge in [-0.25, -0.2) is 4.98 Å². The molecule has 2 N–H and O–H groups in total. The smallest absolute Gasteiger partial charge is 0.305 e. The van der Waals surface area contributed by atoms with Crippen molar-refractivity contribution < 1.29 is 14.3 Å². The molecular formula is C16H13N3O4S2. The molecule has 7 nitrogen and oxygen atoms in total. The van der Waals surface area contributed by atoms with Crippen LogP contribution >= 0.6 is 22.7 Å². The lowest BCUT2D eigenvalue weighted by Gasteiger charge is -2.18. The molecule has 0 saturated heterocycles. The van der Waals surface area contributed by atoms with Gasteiger partial charge < -0.3 is 14.5 Å². The van der Waals surface area contributed by atoms with Gasteiger partial charge in [-0.15, -0.1) is 11.3 Å². The summed E-state index contributed by atoms with van der Waals surface area (Å²) in [5.41, 5.74) is 2.16. The minimum atomic E-state index is -0.344. The van der Waals surface area contributed by atoms with Crippen molar-refractivity contribution in [2.24, 2.45) is 0 Å². The molecule has 0 radical (unpaired) electrons. The number of nitrogens with zero attached hydrogens (tertiary/aromatic N) is 1. The number of aryl methyl sites for hydroxylation is 1. The number of H-pyrrole nitrogens is 1. The maximum Gasteiger partial charge on any atom is 0.305 e. The number of amides is 1. The molecule has 128 valence electrons. The zero-order chi connectivity index (χ0) is 17.4. The van der Waals surface area contributed by atoms with Crippen LogP contribution in [-0.4, -0.2) is 29.1 Å². The summed E-state index contributed by atoms with van der Waals surface area (Å²) in [7, 11) is 0. The Hall–Kier alpha value is -2.65. The fourth-order valence-electron chi connectivity index (χ4n) is 2.44. The third kappa shape index (κ3) is 3.15. The van der Waals surface area contributed by atoms with Crippen LogP contribution in [0, 0.1) is 6.92 Å². The first-order valence-electron chi connectivity index (χ1n) is 7.47. The van der Waals surface area contributed by atoms with E-state index in [1.807, 2.05) is 23.6 Å². The van der Waals surface area contributed by atoms with E-state index in [-0.39, 0.29) is 10.8 Å². The molecule has 0 aliphatic carbocycles. The van der Waals surface area contributed by atoms with Crippen LogP contribution in [0.5, 0.6) is 11.5 Å². The molecule has 3 heterocycles.